The molecule has 0 aliphatic heterocycles. The molecule has 0 aliphatic carbocycles. The highest BCUT2D eigenvalue weighted by molar-refractivity contribution is 7.09. The van der Waals surface area contributed by atoms with E-state index in [-0.39, 0.29) is 12.5 Å². The average Bonchev–Trinajstić information content (AvgIpc) is 3.40. The third-order valence-corrected chi connectivity index (χ3v) is 5.29. The molecular weight excluding hydrogens is 386 g/mol. The monoisotopic (exact) mass is 405 g/mol. The molecule has 6 nitrogen and oxygen atoms in total. The lowest BCUT2D eigenvalue weighted by Crippen LogP contribution is -2.28. The van der Waals surface area contributed by atoms with Gasteiger partial charge in [-0.05, 0) is 36.6 Å². The number of carbonyl (C=O) groups is 2. The molecule has 2 N–H and O–H groups in total. The van der Waals surface area contributed by atoms with Crippen molar-refractivity contribution in [2.45, 2.75) is 13.5 Å². The lowest BCUT2D eigenvalue weighted by molar-refractivity contribution is -0.124. The second-order valence-corrected chi connectivity index (χ2v) is 7.65. The first-order valence-electron chi connectivity index (χ1n) is 9.11. The topological polar surface area (TPSA) is 84.1 Å². The number of thiophene rings is 1. The van der Waals surface area contributed by atoms with Crippen molar-refractivity contribution in [3.05, 3.63) is 76.0 Å². The highest BCUT2D eigenvalue weighted by Crippen LogP contribution is 2.22. The first kappa shape index (κ1) is 18.9. The van der Waals surface area contributed by atoms with Gasteiger partial charge in [0.15, 0.2) is 6.61 Å². The number of aromatic amines is 1. The average molecular weight is 405 g/mol. The van der Waals surface area contributed by atoms with Gasteiger partial charge in [0.05, 0.1) is 23.1 Å². The molecule has 1 amide bonds. The normalized spacial score (nSPS) is 10.8. The van der Waals surface area contributed by atoms with Crippen molar-refractivity contribution in [2.24, 2.45) is 0 Å². The Kier molecular flexibility index (Phi) is 5.39. The molecule has 2 heterocycles. The third kappa shape index (κ3) is 4.52. The molecule has 0 aliphatic rings. The molecule has 4 rings (SSSR count). The van der Waals surface area contributed by atoms with Gasteiger partial charge in [0.1, 0.15) is 5.82 Å². The number of nitrogens with zero attached hydrogens (tertiary/aromatic N) is 1. The Hall–Kier alpha value is -3.45. The Bertz CT molecular complexity index is 1150. The largest absolute Gasteiger partial charge is 0.452 e. The van der Waals surface area contributed by atoms with E-state index in [1.807, 2.05) is 48.7 Å². The van der Waals surface area contributed by atoms with Gasteiger partial charge in [0.25, 0.3) is 5.91 Å². The molecule has 7 heteroatoms. The van der Waals surface area contributed by atoms with Crippen molar-refractivity contribution >= 4 is 34.2 Å². The number of rotatable bonds is 6. The second-order valence-electron chi connectivity index (χ2n) is 6.62. The van der Waals surface area contributed by atoms with Crippen LogP contribution in [0.1, 0.15) is 20.8 Å². The number of aromatic nitrogens is 2. The minimum absolute atomic E-state index is 0.320. The number of hydrogen-bond donors (Lipinski definition) is 2. The Morgan fingerprint density at radius 3 is 2.72 bits per heavy atom. The number of imidazole rings is 1. The van der Waals surface area contributed by atoms with Crippen LogP contribution in [0.4, 0.5) is 0 Å². The first-order chi connectivity index (χ1) is 14.1. The second kappa shape index (κ2) is 8.28. The fourth-order valence-electron chi connectivity index (χ4n) is 2.85. The Labute approximate surface area is 171 Å². The molecule has 146 valence electrons. The van der Waals surface area contributed by atoms with E-state index in [1.165, 1.54) is 5.56 Å². The summed E-state index contributed by atoms with van der Waals surface area (Å²) in [6.07, 6.45) is 0. The smallest absolute Gasteiger partial charge is 0.338 e. The van der Waals surface area contributed by atoms with E-state index in [2.05, 4.69) is 15.3 Å². The van der Waals surface area contributed by atoms with Crippen molar-refractivity contribution in [1.29, 1.82) is 0 Å². The summed E-state index contributed by atoms with van der Waals surface area (Å²) < 4.78 is 5.13. The maximum atomic E-state index is 12.3. The van der Waals surface area contributed by atoms with E-state index >= 15 is 0 Å². The first-order valence-corrected chi connectivity index (χ1v) is 9.99. The zero-order chi connectivity index (χ0) is 20.2. The van der Waals surface area contributed by atoms with Crippen LogP contribution in [-0.4, -0.2) is 28.5 Å². The maximum absolute atomic E-state index is 12.3. The highest BCUT2D eigenvalue weighted by atomic mass is 32.1. The number of esters is 1. The zero-order valence-corrected chi connectivity index (χ0v) is 16.6. The molecule has 4 aromatic rings. The Balaban J connectivity index is 1.40. The van der Waals surface area contributed by atoms with Crippen LogP contribution in [0.25, 0.3) is 22.4 Å². The van der Waals surface area contributed by atoms with Crippen molar-refractivity contribution in [1.82, 2.24) is 15.3 Å². The van der Waals surface area contributed by atoms with E-state index in [4.69, 9.17) is 4.74 Å². The summed E-state index contributed by atoms with van der Waals surface area (Å²) in [7, 11) is 0. The molecule has 0 saturated carbocycles. The number of nitrogens with one attached hydrogen (secondary N) is 2. The van der Waals surface area contributed by atoms with Crippen LogP contribution >= 0.6 is 11.3 Å². The van der Waals surface area contributed by atoms with Crippen LogP contribution in [0.3, 0.4) is 0 Å². The number of amides is 1. The van der Waals surface area contributed by atoms with E-state index in [9.17, 15) is 9.59 Å². The van der Waals surface area contributed by atoms with Crippen LogP contribution in [0.2, 0.25) is 0 Å². The van der Waals surface area contributed by atoms with E-state index < -0.39 is 5.97 Å². The number of fused-ring (bicyclic) bond motifs is 1. The van der Waals surface area contributed by atoms with Gasteiger partial charge in [-0.2, -0.15) is 0 Å². The summed E-state index contributed by atoms with van der Waals surface area (Å²) in [5.74, 6) is -0.154. The third-order valence-electron chi connectivity index (χ3n) is 4.42. The van der Waals surface area contributed by atoms with Gasteiger partial charge in [-0.15, -0.1) is 11.3 Å². The van der Waals surface area contributed by atoms with Crippen molar-refractivity contribution in [2.75, 3.05) is 6.61 Å². The van der Waals surface area contributed by atoms with Gasteiger partial charge in [0, 0.05) is 10.4 Å². The van der Waals surface area contributed by atoms with Gasteiger partial charge in [-0.1, -0.05) is 35.9 Å². The zero-order valence-electron chi connectivity index (χ0n) is 15.8. The number of benzene rings is 2. The van der Waals surface area contributed by atoms with E-state index in [0.29, 0.717) is 12.1 Å². The van der Waals surface area contributed by atoms with Crippen LogP contribution in [0, 0.1) is 6.92 Å². The molecule has 2 aromatic heterocycles. The quantitative estimate of drug-likeness (QED) is 0.474. The predicted octanol–water partition coefficient (Wildman–Crippen LogP) is 4.07. The van der Waals surface area contributed by atoms with Gasteiger partial charge >= 0.3 is 5.97 Å². The van der Waals surface area contributed by atoms with Crippen molar-refractivity contribution < 1.29 is 14.3 Å². The number of hydrogen-bond acceptors (Lipinski definition) is 5. The number of ether oxygens (including phenoxy) is 1. The predicted molar refractivity (Wildman–Crippen MR) is 113 cm³/mol. The maximum Gasteiger partial charge on any atom is 0.338 e. The molecule has 0 fully saturated rings. The Morgan fingerprint density at radius 2 is 1.97 bits per heavy atom. The fraction of sp³-hybridized carbons (Fsp3) is 0.136. The Morgan fingerprint density at radius 1 is 1.14 bits per heavy atom. The molecule has 29 heavy (non-hydrogen) atoms. The molecular formula is C22H19N3O3S. The lowest BCUT2D eigenvalue weighted by atomic mass is 10.1. The van der Waals surface area contributed by atoms with Crippen LogP contribution in [-0.2, 0) is 16.1 Å². The molecule has 0 unspecified atom stereocenters. The number of carbonyl (C=O) groups excluding carboxylic acids is 2. The van der Waals surface area contributed by atoms with Gasteiger partial charge in [-0.25, -0.2) is 9.78 Å². The minimum atomic E-state index is -0.551. The summed E-state index contributed by atoms with van der Waals surface area (Å²) in [6.45, 7) is 2.14. The number of H-pyrrole nitrogens is 1. The van der Waals surface area contributed by atoms with Gasteiger partial charge in [0.2, 0.25) is 0 Å². The summed E-state index contributed by atoms with van der Waals surface area (Å²) in [4.78, 5) is 33.0. The summed E-state index contributed by atoms with van der Waals surface area (Å²) in [5, 5.41) is 4.67. The SMILES string of the molecule is Cc1ccc(-c2nc3ccc(C(=O)OCC(=O)NCc4cccs4)cc3[nH]2)cc1. The van der Waals surface area contributed by atoms with Crippen LogP contribution in [0.15, 0.2) is 60.0 Å². The summed E-state index contributed by atoms with van der Waals surface area (Å²) >= 11 is 1.56. The standard InChI is InChI=1S/C22H19N3O3S/c1-14-4-6-15(7-5-14)21-24-18-9-8-16(11-19(18)25-21)22(27)28-13-20(26)23-12-17-3-2-10-29-17/h2-11H,12-13H2,1H3,(H,23,26)(H,24,25). The van der Waals surface area contributed by atoms with Crippen LogP contribution < -0.4 is 5.32 Å². The van der Waals surface area contributed by atoms with Gasteiger partial charge in [-0.3, -0.25) is 4.79 Å². The molecule has 0 bridgehead atoms. The lowest BCUT2D eigenvalue weighted by Gasteiger charge is -2.06. The minimum Gasteiger partial charge on any atom is -0.452 e. The molecule has 0 atom stereocenters. The highest BCUT2D eigenvalue weighted by Gasteiger charge is 2.13. The molecule has 0 saturated heterocycles. The summed E-state index contributed by atoms with van der Waals surface area (Å²) in [5.41, 5.74) is 4.00. The van der Waals surface area contributed by atoms with Crippen molar-refractivity contribution in [3.8, 4) is 11.4 Å². The summed E-state index contributed by atoms with van der Waals surface area (Å²) in [6, 6.07) is 17.0. The molecule has 2 aromatic carbocycles. The number of aryl methyl sites for hydroxylation is 1. The van der Waals surface area contributed by atoms with Crippen molar-refractivity contribution in [3.63, 3.8) is 0 Å². The van der Waals surface area contributed by atoms with Crippen LogP contribution in [0.5, 0.6) is 0 Å². The molecule has 0 radical (unpaired) electrons. The van der Waals surface area contributed by atoms with E-state index in [0.717, 1.165) is 27.3 Å². The van der Waals surface area contributed by atoms with Gasteiger partial charge < -0.3 is 15.0 Å². The van der Waals surface area contributed by atoms with E-state index in [1.54, 1.807) is 29.5 Å². The molecule has 0 spiro atoms. The fourth-order valence-corrected chi connectivity index (χ4v) is 3.49.